The van der Waals surface area contributed by atoms with Gasteiger partial charge in [-0.25, -0.2) is 0 Å². The lowest BCUT2D eigenvalue weighted by Gasteiger charge is -2.23. The first kappa shape index (κ1) is 18.3. The van der Waals surface area contributed by atoms with Crippen LogP contribution in [0.5, 0.6) is 0 Å². The molecule has 1 amide bonds. The summed E-state index contributed by atoms with van der Waals surface area (Å²) in [5.74, 6) is 0.582. The molecule has 0 bridgehead atoms. The highest BCUT2D eigenvalue weighted by molar-refractivity contribution is 6.33. The van der Waals surface area contributed by atoms with Crippen molar-refractivity contribution in [1.82, 2.24) is 10.6 Å². The SMILES string of the molecule is CN=C(NCCC(=O)Nc1ccc(C)cc1Cl)NC(C)(C)C. The lowest BCUT2D eigenvalue weighted by Crippen LogP contribution is -2.48. The largest absolute Gasteiger partial charge is 0.356 e. The number of nitrogens with one attached hydrogen (secondary N) is 3. The van der Waals surface area contributed by atoms with E-state index in [4.69, 9.17) is 11.6 Å². The van der Waals surface area contributed by atoms with Crippen LogP contribution in [0.25, 0.3) is 0 Å². The van der Waals surface area contributed by atoms with Crippen LogP contribution in [0.2, 0.25) is 5.02 Å². The number of carbonyl (C=O) groups is 1. The Labute approximate surface area is 137 Å². The van der Waals surface area contributed by atoms with E-state index in [9.17, 15) is 4.79 Å². The highest BCUT2D eigenvalue weighted by Gasteiger charge is 2.12. The Morgan fingerprint density at radius 2 is 2.00 bits per heavy atom. The predicted molar refractivity (Wildman–Crippen MR) is 93.7 cm³/mol. The number of halogens is 1. The molecule has 6 heteroatoms. The second-order valence-corrected chi connectivity index (χ2v) is 6.56. The lowest BCUT2D eigenvalue weighted by molar-refractivity contribution is -0.116. The van der Waals surface area contributed by atoms with Crippen LogP contribution in [0.15, 0.2) is 23.2 Å². The number of hydrogen-bond donors (Lipinski definition) is 3. The molecule has 3 N–H and O–H groups in total. The van der Waals surface area contributed by atoms with Crippen LogP contribution in [0.4, 0.5) is 5.69 Å². The second-order valence-electron chi connectivity index (χ2n) is 6.16. The van der Waals surface area contributed by atoms with Gasteiger partial charge in [-0.15, -0.1) is 0 Å². The molecular weight excluding hydrogens is 300 g/mol. The molecule has 0 heterocycles. The second kappa shape index (κ2) is 8.03. The van der Waals surface area contributed by atoms with Crippen molar-refractivity contribution in [2.75, 3.05) is 18.9 Å². The number of rotatable bonds is 4. The number of guanidine groups is 1. The normalized spacial score (nSPS) is 12.0. The number of benzene rings is 1. The molecule has 22 heavy (non-hydrogen) atoms. The number of nitrogens with zero attached hydrogens (tertiary/aromatic N) is 1. The highest BCUT2D eigenvalue weighted by Crippen LogP contribution is 2.22. The lowest BCUT2D eigenvalue weighted by atomic mass is 10.1. The molecule has 1 aromatic rings. The van der Waals surface area contributed by atoms with Gasteiger partial charge in [0.05, 0.1) is 10.7 Å². The summed E-state index contributed by atoms with van der Waals surface area (Å²) in [6.45, 7) is 8.59. The van der Waals surface area contributed by atoms with Gasteiger partial charge in [-0.05, 0) is 45.4 Å². The average Bonchev–Trinajstić information content (AvgIpc) is 2.39. The molecule has 0 aliphatic rings. The van der Waals surface area contributed by atoms with E-state index in [2.05, 4.69) is 20.9 Å². The van der Waals surface area contributed by atoms with Crippen LogP contribution < -0.4 is 16.0 Å². The van der Waals surface area contributed by atoms with Crippen LogP contribution in [0.3, 0.4) is 0 Å². The summed E-state index contributed by atoms with van der Waals surface area (Å²) in [6, 6.07) is 5.54. The van der Waals surface area contributed by atoms with E-state index in [0.29, 0.717) is 29.6 Å². The molecule has 0 fully saturated rings. The maximum atomic E-state index is 11.9. The van der Waals surface area contributed by atoms with E-state index < -0.39 is 0 Å². The van der Waals surface area contributed by atoms with Gasteiger partial charge in [-0.1, -0.05) is 17.7 Å². The summed E-state index contributed by atoms with van der Waals surface area (Å²) in [4.78, 5) is 16.1. The summed E-state index contributed by atoms with van der Waals surface area (Å²) in [6.07, 6.45) is 0.328. The van der Waals surface area contributed by atoms with E-state index in [1.165, 1.54) is 0 Å². The van der Waals surface area contributed by atoms with Crippen molar-refractivity contribution in [3.8, 4) is 0 Å². The Bertz CT molecular complexity index is 550. The minimum absolute atomic E-state index is 0.0838. The molecule has 0 spiro atoms. The maximum absolute atomic E-state index is 11.9. The smallest absolute Gasteiger partial charge is 0.226 e. The minimum atomic E-state index is -0.0931. The Hall–Kier alpha value is -1.75. The maximum Gasteiger partial charge on any atom is 0.226 e. The van der Waals surface area contributed by atoms with Gasteiger partial charge < -0.3 is 16.0 Å². The molecule has 0 radical (unpaired) electrons. The molecule has 122 valence electrons. The summed E-state index contributed by atoms with van der Waals surface area (Å²) >= 11 is 6.09. The van der Waals surface area contributed by atoms with Crippen molar-refractivity contribution in [3.63, 3.8) is 0 Å². The quantitative estimate of drug-likeness (QED) is 0.589. The fourth-order valence-corrected chi connectivity index (χ4v) is 2.05. The molecule has 0 unspecified atom stereocenters. The molecular formula is C16H25ClN4O. The van der Waals surface area contributed by atoms with Gasteiger partial charge in [-0.2, -0.15) is 0 Å². The van der Waals surface area contributed by atoms with Crippen molar-refractivity contribution in [2.45, 2.75) is 39.7 Å². The van der Waals surface area contributed by atoms with Gasteiger partial charge in [0.15, 0.2) is 5.96 Å². The third-order valence-corrected chi connectivity index (χ3v) is 3.07. The highest BCUT2D eigenvalue weighted by atomic mass is 35.5. The number of aryl methyl sites for hydroxylation is 1. The van der Waals surface area contributed by atoms with Gasteiger partial charge in [0, 0.05) is 25.6 Å². The van der Waals surface area contributed by atoms with E-state index >= 15 is 0 Å². The molecule has 0 saturated carbocycles. The molecule has 0 aromatic heterocycles. The molecule has 5 nitrogen and oxygen atoms in total. The van der Waals surface area contributed by atoms with Gasteiger partial charge in [0.2, 0.25) is 5.91 Å². The van der Waals surface area contributed by atoms with Crippen molar-refractivity contribution in [3.05, 3.63) is 28.8 Å². The molecule has 1 rings (SSSR count). The van der Waals surface area contributed by atoms with Crippen LogP contribution in [-0.4, -0.2) is 31.0 Å². The fourth-order valence-electron chi connectivity index (χ4n) is 1.76. The molecule has 0 aliphatic carbocycles. The number of aliphatic imine (C=N–C) groups is 1. The first-order valence-corrected chi connectivity index (χ1v) is 7.64. The van der Waals surface area contributed by atoms with Crippen molar-refractivity contribution in [1.29, 1.82) is 0 Å². The molecule has 0 saturated heterocycles. The Balaban J connectivity index is 2.43. The monoisotopic (exact) mass is 324 g/mol. The third kappa shape index (κ3) is 6.80. The summed E-state index contributed by atoms with van der Waals surface area (Å²) < 4.78 is 0. The van der Waals surface area contributed by atoms with E-state index in [-0.39, 0.29) is 11.4 Å². The molecule has 1 aromatic carbocycles. The number of hydrogen-bond acceptors (Lipinski definition) is 2. The zero-order chi connectivity index (χ0) is 16.8. The summed E-state index contributed by atoms with van der Waals surface area (Å²) in [5, 5.41) is 9.70. The Morgan fingerprint density at radius 3 is 2.55 bits per heavy atom. The Morgan fingerprint density at radius 1 is 1.32 bits per heavy atom. The zero-order valence-corrected chi connectivity index (χ0v) is 14.6. The topological polar surface area (TPSA) is 65.5 Å². The summed E-state index contributed by atoms with van der Waals surface area (Å²) in [5.41, 5.74) is 1.61. The van der Waals surface area contributed by atoms with E-state index in [1.54, 1.807) is 7.05 Å². The molecule has 0 aliphatic heterocycles. The van der Waals surface area contributed by atoms with Crippen molar-refractivity contribution >= 4 is 29.2 Å². The van der Waals surface area contributed by atoms with Gasteiger partial charge >= 0.3 is 0 Å². The third-order valence-electron chi connectivity index (χ3n) is 2.76. The van der Waals surface area contributed by atoms with Crippen molar-refractivity contribution in [2.24, 2.45) is 4.99 Å². The van der Waals surface area contributed by atoms with Crippen LogP contribution in [0.1, 0.15) is 32.8 Å². The number of carbonyl (C=O) groups excluding carboxylic acids is 1. The fraction of sp³-hybridized carbons (Fsp3) is 0.500. The van der Waals surface area contributed by atoms with Gasteiger partial charge in [-0.3, -0.25) is 9.79 Å². The predicted octanol–water partition coefficient (Wildman–Crippen LogP) is 2.94. The first-order chi connectivity index (χ1) is 10.2. The van der Waals surface area contributed by atoms with E-state index in [0.717, 1.165) is 5.56 Å². The molecule has 0 atom stereocenters. The van der Waals surface area contributed by atoms with Gasteiger partial charge in [0.1, 0.15) is 0 Å². The summed E-state index contributed by atoms with van der Waals surface area (Å²) in [7, 11) is 1.70. The van der Waals surface area contributed by atoms with Crippen LogP contribution in [-0.2, 0) is 4.79 Å². The van der Waals surface area contributed by atoms with E-state index in [1.807, 2.05) is 45.9 Å². The van der Waals surface area contributed by atoms with Crippen LogP contribution in [0, 0.1) is 6.92 Å². The Kier molecular flexibility index (Phi) is 6.68. The number of anilines is 1. The first-order valence-electron chi connectivity index (χ1n) is 7.26. The zero-order valence-electron chi connectivity index (χ0n) is 13.9. The average molecular weight is 325 g/mol. The minimum Gasteiger partial charge on any atom is -0.356 e. The van der Waals surface area contributed by atoms with Crippen molar-refractivity contribution < 1.29 is 4.79 Å². The number of amides is 1. The standard InChI is InChI=1S/C16H25ClN4O/c1-11-6-7-13(12(17)10-11)20-14(22)8-9-19-15(18-5)21-16(2,3)4/h6-7,10H,8-9H2,1-5H3,(H,20,22)(H2,18,19,21). The van der Waals surface area contributed by atoms with Gasteiger partial charge in [0.25, 0.3) is 0 Å². The van der Waals surface area contributed by atoms with Crippen LogP contribution >= 0.6 is 11.6 Å².